The first-order valence-electron chi connectivity index (χ1n) is 19.2. The zero-order chi connectivity index (χ0) is 43.2. The van der Waals surface area contributed by atoms with Gasteiger partial charge in [-0.2, -0.15) is 26.3 Å². The number of fused-ring (bicyclic) bond motifs is 6. The summed E-state index contributed by atoms with van der Waals surface area (Å²) in [6.07, 6.45) is -6.02. The molecule has 0 unspecified atom stereocenters. The summed E-state index contributed by atoms with van der Waals surface area (Å²) in [5.74, 6) is 1.01. The molecular formula is C50H32F6N4O2Pt. The minimum Gasteiger partial charge on any atom is -0.497 e. The van der Waals surface area contributed by atoms with Crippen molar-refractivity contribution < 1.29 is 56.9 Å². The number of nitrogens with zero attached hydrogens (tertiary/aromatic N) is 4. The van der Waals surface area contributed by atoms with Gasteiger partial charge in [0.1, 0.15) is 11.5 Å². The van der Waals surface area contributed by atoms with Crippen LogP contribution in [-0.2, 0) is 33.4 Å². The molecule has 4 aromatic heterocycles. The molecule has 0 aliphatic heterocycles. The zero-order valence-corrected chi connectivity index (χ0v) is 35.5. The van der Waals surface area contributed by atoms with Crippen molar-refractivity contribution in [2.75, 3.05) is 14.2 Å². The molecule has 0 aliphatic rings. The van der Waals surface area contributed by atoms with Crippen LogP contribution in [-0.4, -0.2) is 33.3 Å². The van der Waals surface area contributed by atoms with Crippen molar-refractivity contribution in [2.24, 2.45) is 0 Å². The van der Waals surface area contributed by atoms with Crippen LogP contribution >= 0.6 is 0 Å². The van der Waals surface area contributed by atoms with E-state index in [0.717, 1.165) is 55.7 Å². The molecule has 10 rings (SSSR count). The third-order valence-electron chi connectivity index (χ3n) is 10.5. The molecule has 0 radical (unpaired) electrons. The first-order valence-corrected chi connectivity index (χ1v) is 19.2. The summed E-state index contributed by atoms with van der Waals surface area (Å²) >= 11 is 0. The van der Waals surface area contributed by atoms with E-state index in [-0.39, 0.29) is 32.2 Å². The maximum absolute atomic E-state index is 13.5. The molecule has 4 heterocycles. The van der Waals surface area contributed by atoms with Crippen LogP contribution in [0.3, 0.4) is 0 Å². The van der Waals surface area contributed by atoms with Crippen molar-refractivity contribution in [3.8, 4) is 45.4 Å². The van der Waals surface area contributed by atoms with Crippen molar-refractivity contribution in [1.29, 1.82) is 0 Å². The van der Waals surface area contributed by atoms with E-state index >= 15 is 0 Å². The van der Waals surface area contributed by atoms with Crippen molar-refractivity contribution in [3.63, 3.8) is 0 Å². The maximum Gasteiger partial charge on any atom is 2.00 e. The summed E-state index contributed by atoms with van der Waals surface area (Å²) in [7, 11) is 3.01. The Labute approximate surface area is 371 Å². The van der Waals surface area contributed by atoms with Gasteiger partial charge in [-0.3, -0.25) is 0 Å². The van der Waals surface area contributed by atoms with Gasteiger partial charge >= 0.3 is 33.4 Å². The Balaban J connectivity index is 0.000000170. The van der Waals surface area contributed by atoms with Crippen LogP contribution in [0.2, 0.25) is 0 Å². The Hall–Kier alpha value is -6.91. The van der Waals surface area contributed by atoms with Crippen LogP contribution in [0.15, 0.2) is 158 Å². The molecule has 0 aliphatic carbocycles. The van der Waals surface area contributed by atoms with Gasteiger partial charge in [-0.25, -0.2) is 0 Å². The number of rotatable bonds is 6. The van der Waals surface area contributed by atoms with Crippen LogP contribution in [0, 0.1) is 12.1 Å². The third kappa shape index (κ3) is 8.03. The van der Waals surface area contributed by atoms with E-state index in [1.54, 1.807) is 24.3 Å². The summed E-state index contributed by atoms with van der Waals surface area (Å²) in [6, 6.07) is 48.0. The number of aromatic nitrogens is 4. The van der Waals surface area contributed by atoms with E-state index in [2.05, 4.69) is 22.1 Å². The minimum absolute atomic E-state index is 0. The van der Waals surface area contributed by atoms with Crippen LogP contribution in [0.5, 0.6) is 11.5 Å². The van der Waals surface area contributed by atoms with E-state index in [1.165, 1.54) is 38.7 Å². The standard InChI is InChI=1S/2C25H16F3N2O.Pt/c2*1-31-17-12-13-29-21(15-17)20-14-16(25(26,27)28)10-11-24(20)30-22-8-4-2-6-18(22)19-7-3-5-9-23(19)30;/h2*2-13,15H,1H3;/q2*-1;+2. The van der Waals surface area contributed by atoms with Gasteiger partial charge in [0.05, 0.1) is 14.2 Å². The Kier molecular flexibility index (Phi) is 11.6. The van der Waals surface area contributed by atoms with Gasteiger partial charge in [-0.1, -0.05) is 72.8 Å². The molecule has 0 atom stereocenters. The summed E-state index contributed by atoms with van der Waals surface area (Å²) < 4.78 is 95.6. The summed E-state index contributed by atoms with van der Waals surface area (Å²) in [5, 5.41) is 4.06. The molecule has 0 bridgehead atoms. The zero-order valence-electron chi connectivity index (χ0n) is 33.2. The van der Waals surface area contributed by atoms with E-state index in [4.69, 9.17) is 9.47 Å². The molecule has 0 amide bonds. The number of halogens is 6. The smallest absolute Gasteiger partial charge is 0.497 e. The fourth-order valence-electron chi connectivity index (χ4n) is 7.78. The van der Waals surface area contributed by atoms with Gasteiger partial charge in [0, 0.05) is 56.0 Å². The summed E-state index contributed by atoms with van der Waals surface area (Å²) in [6.45, 7) is 0. The average molecular weight is 1030 g/mol. The number of methoxy groups -OCH3 is 2. The van der Waals surface area contributed by atoms with Gasteiger partial charge in [0.15, 0.2) is 0 Å². The van der Waals surface area contributed by atoms with Crippen molar-refractivity contribution in [1.82, 2.24) is 19.1 Å². The van der Waals surface area contributed by atoms with Crippen LogP contribution in [0.1, 0.15) is 11.1 Å². The second kappa shape index (κ2) is 17.1. The number of pyridine rings is 2. The molecule has 63 heavy (non-hydrogen) atoms. The predicted octanol–water partition coefficient (Wildman–Crippen LogP) is 13.3. The molecule has 6 nitrogen and oxygen atoms in total. The van der Waals surface area contributed by atoms with Crippen LogP contribution in [0.25, 0.3) is 77.5 Å². The Morgan fingerprint density at radius 1 is 0.444 bits per heavy atom. The topological polar surface area (TPSA) is 54.1 Å². The largest absolute Gasteiger partial charge is 2.00 e. The Morgan fingerprint density at radius 3 is 1.06 bits per heavy atom. The number of alkyl halides is 6. The molecule has 0 saturated heterocycles. The van der Waals surface area contributed by atoms with Gasteiger partial charge < -0.3 is 28.6 Å². The van der Waals surface area contributed by atoms with Crippen molar-refractivity contribution in [3.05, 3.63) is 181 Å². The molecule has 10 aromatic rings. The number of hydrogen-bond donors (Lipinski definition) is 0. The van der Waals surface area contributed by atoms with Crippen LogP contribution < -0.4 is 9.47 Å². The second-order valence-corrected chi connectivity index (χ2v) is 14.2. The molecule has 13 heteroatoms. The Morgan fingerprint density at radius 2 is 0.762 bits per heavy atom. The summed E-state index contributed by atoms with van der Waals surface area (Å²) in [4.78, 5) is 8.64. The molecule has 0 saturated carbocycles. The van der Waals surface area contributed by atoms with E-state index in [1.807, 2.05) is 106 Å². The van der Waals surface area contributed by atoms with E-state index in [0.29, 0.717) is 34.3 Å². The summed E-state index contributed by atoms with van der Waals surface area (Å²) in [5.41, 5.74) is 4.18. The molecular weight excluding hydrogens is 998 g/mol. The van der Waals surface area contributed by atoms with Gasteiger partial charge in [-0.05, 0) is 82.4 Å². The number of para-hydroxylation sites is 4. The first-order chi connectivity index (χ1) is 29.9. The van der Waals surface area contributed by atoms with Crippen LogP contribution in [0.4, 0.5) is 26.3 Å². The van der Waals surface area contributed by atoms with Gasteiger partial charge in [0.25, 0.3) is 0 Å². The van der Waals surface area contributed by atoms with Gasteiger partial charge in [0.2, 0.25) is 0 Å². The van der Waals surface area contributed by atoms with Crippen molar-refractivity contribution >= 4 is 43.6 Å². The molecule has 0 N–H and O–H groups in total. The Bertz CT molecular complexity index is 2960. The molecule has 316 valence electrons. The number of benzene rings is 6. The third-order valence-corrected chi connectivity index (χ3v) is 10.5. The molecule has 0 spiro atoms. The van der Waals surface area contributed by atoms with Crippen molar-refractivity contribution in [2.45, 2.75) is 12.4 Å². The normalized spacial score (nSPS) is 11.7. The maximum atomic E-state index is 13.5. The van der Waals surface area contributed by atoms with E-state index in [9.17, 15) is 26.3 Å². The first kappa shape index (κ1) is 42.8. The second-order valence-electron chi connectivity index (χ2n) is 14.2. The van der Waals surface area contributed by atoms with Gasteiger partial charge in [-0.15, -0.1) is 47.5 Å². The average Bonchev–Trinajstić information content (AvgIpc) is 3.81. The molecule has 6 aromatic carbocycles. The quantitative estimate of drug-likeness (QED) is 0.123. The van der Waals surface area contributed by atoms with E-state index < -0.39 is 23.5 Å². The SMILES string of the molecule is COc1ccnc(-c2[c-]c(C(F)(F)F)ccc2-n2c3ccccc3c3ccccc32)c1.COc1ccnc(-c2[c-]c(C(F)(F)F)ccc2-n2c3ccccc3c3ccccc32)c1.[Pt+2]. The predicted molar refractivity (Wildman–Crippen MR) is 229 cm³/mol. The number of hydrogen-bond acceptors (Lipinski definition) is 4. The minimum atomic E-state index is -4.52. The number of ether oxygens (including phenoxy) is 2. The monoisotopic (exact) mass is 1030 g/mol. The fraction of sp³-hybridized carbons (Fsp3) is 0.0800. The molecule has 0 fully saturated rings. The fourth-order valence-corrected chi connectivity index (χ4v) is 7.78.